The van der Waals surface area contributed by atoms with Crippen molar-refractivity contribution in [3.63, 3.8) is 0 Å². The van der Waals surface area contributed by atoms with Crippen LogP contribution >= 0.6 is 0 Å². The number of rotatable bonds is 3. The zero-order valence-electron chi connectivity index (χ0n) is 10.8. The number of ether oxygens (including phenoxy) is 2. The van der Waals surface area contributed by atoms with Gasteiger partial charge in [-0.25, -0.2) is 4.79 Å². The number of para-hydroxylation sites is 1. The standard InChI is InChI=1S/C15H12O5/c1-18-15(17)13-7-6-12(20-13)14(16)10-8-19-11-5-3-2-4-9(10)11/h2-7,10H,8H2,1H3. The lowest BCUT2D eigenvalue weighted by molar-refractivity contribution is 0.0562. The molecule has 2 aromatic rings. The van der Waals surface area contributed by atoms with Crippen molar-refractivity contribution in [1.82, 2.24) is 0 Å². The number of carbonyl (C=O) groups is 2. The third-order valence-electron chi connectivity index (χ3n) is 3.25. The Kier molecular flexibility index (Phi) is 3.02. The van der Waals surface area contributed by atoms with E-state index in [0.29, 0.717) is 5.75 Å². The highest BCUT2D eigenvalue weighted by Gasteiger charge is 2.32. The van der Waals surface area contributed by atoms with Gasteiger partial charge in [-0.05, 0) is 18.2 Å². The summed E-state index contributed by atoms with van der Waals surface area (Å²) in [5.41, 5.74) is 0.841. The number of hydrogen-bond donors (Lipinski definition) is 0. The Balaban J connectivity index is 1.87. The molecule has 2 heterocycles. The first-order valence-electron chi connectivity index (χ1n) is 6.15. The van der Waals surface area contributed by atoms with Crippen molar-refractivity contribution in [2.75, 3.05) is 13.7 Å². The average Bonchev–Trinajstić information content (AvgIpc) is 3.12. The smallest absolute Gasteiger partial charge is 0.373 e. The summed E-state index contributed by atoms with van der Waals surface area (Å²) in [6.45, 7) is 0.284. The summed E-state index contributed by atoms with van der Waals surface area (Å²) in [6, 6.07) is 10.3. The van der Waals surface area contributed by atoms with Crippen LogP contribution in [0.5, 0.6) is 5.75 Å². The number of furan rings is 1. The fourth-order valence-corrected chi connectivity index (χ4v) is 2.23. The number of benzene rings is 1. The van der Waals surface area contributed by atoms with Crippen molar-refractivity contribution < 1.29 is 23.5 Å². The van der Waals surface area contributed by atoms with Gasteiger partial charge in [0.1, 0.15) is 12.4 Å². The van der Waals surface area contributed by atoms with Crippen LogP contribution in [0.1, 0.15) is 32.6 Å². The van der Waals surface area contributed by atoms with Gasteiger partial charge in [0.2, 0.25) is 11.5 Å². The Morgan fingerprint density at radius 3 is 2.70 bits per heavy atom. The van der Waals surface area contributed by atoms with E-state index in [-0.39, 0.29) is 23.9 Å². The molecule has 3 rings (SSSR count). The van der Waals surface area contributed by atoms with Crippen LogP contribution in [0.4, 0.5) is 0 Å². The van der Waals surface area contributed by atoms with E-state index in [0.717, 1.165) is 5.56 Å². The monoisotopic (exact) mass is 272 g/mol. The number of fused-ring (bicyclic) bond motifs is 1. The maximum Gasteiger partial charge on any atom is 0.373 e. The van der Waals surface area contributed by atoms with Gasteiger partial charge in [-0.15, -0.1) is 0 Å². The van der Waals surface area contributed by atoms with E-state index >= 15 is 0 Å². The van der Waals surface area contributed by atoms with Crippen molar-refractivity contribution in [1.29, 1.82) is 0 Å². The fourth-order valence-electron chi connectivity index (χ4n) is 2.23. The maximum atomic E-state index is 12.4. The van der Waals surface area contributed by atoms with Gasteiger partial charge >= 0.3 is 5.97 Å². The predicted octanol–water partition coefficient (Wildman–Crippen LogP) is 2.43. The summed E-state index contributed by atoms with van der Waals surface area (Å²) >= 11 is 0. The molecule has 20 heavy (non-hydrogen) atoms. The summed E-state index contributed by atoms with van der Waals surface area (Å²) in [4.78, 5) is 23.7. The molecule has 0 aliphatic carbocycles. The second-order valence-electron chi connectivity index (χ2n) is 4.42. The second kappa shape index (κ2) is 4.85. The number of methoxy groups -OCH3 is 1. The first kappa shape index (κ1) is 12.5. The third-order valence-corrected chi connectivity index (χ3v) is 3.25. The van der Waals surface area contributed by atoms with Crippen LogP contribution in [0.15, 0.2) is 40.8 Å². The van der Waals surface area contributed by atoms with E-state index in [4.69, 9.17) is 9.15 Å². The Bertz CT molecular complexity index is 670. The van der Waals surface area contributed by atoms with Crippen LogP contribution in [0.25, 0.3) is 0 Å². The zero-order valence-corrected chi connectivity index (χ0v) is 10.8. The largest absolute Gasteiger partial charge is 0.492 e. The quantitative estimate of drug-likeness (QED) is 0.634. The molecule has 1 atom stereocenters. The Labute approximate surface area is 115 Å². The highest BCUT2D eigenvalue weighted by Crippen LogP contribution is 2.35. The molecule has 0 bridgehead atoms. The normalized spacial score (nSPS) is 16.4. The van der Waals surface area contributed by atoms with Crippen LogP contribution in [0.3, 0.4) is 0 Å². The minimum Gasteiger partial charge on any atom is -0.492 e. The summed E-state index contributed by atoms with van der Waals surface area (Å²) in [5, 5.41) is 0. The van der Waals surface area contributed by atoms with Crippen LogP contribution in [0.2, 0.25) is 0 Å². The molecule has 1 aromatic heterocycles. The van der Waals surface area contributed by atoms with Crippen LogP contribution in [0, 0.1) is 0 Å². The first-order chi connectivity index (χ1) is 9.70. The average molecular weight is 272 g/mol. The van der Waals surface area contributed by atoms with E-state index in [1.165, 1.54) is 19.2 Å². The molecule has 1 aromatic carbocycles. The van der Waals surface area contributed by atoms with Gasteiger partial charge in [0.05, 0.1) is 13.0 Å². The fraction of sp³-hybridized carbons (Fsp3) is 0.200. The van der Waals surface area contributed by atoms with Gasteiger partial charge < -0.3 is 13.9 Å². The van der Waals surface area contributed by atoms with Crippen LogP contribution in [-0.4, -0.2) is 25.5 Å². The number of Topliss-reactive ketones (excluding diaryl/α,β-unsaturated/α-hetero) is 1. The molecule has 0 saturated heterocycles. The molecular weight excluding hydrogens is 260 g/mol. The van der Waals surface area contributed by atoms with Crippen molar-refractivity contribution in [3.8, 4) is 5.75 Å². The minimum atomic E-state index is -0.605. The number of carbonyl (C=O) groups excluding carboxylic acids is 2. The van der Waals surface area contributed by atoms with E-state index in [9.17, 15) is 9.59 Å². The highest BCUT2D eigenvalue weighted by molar-refractivity contribution is 6.00. The topological polar surface area (TPSA) is 65.7 Å². The predicted molar refractivity (Wildman–Crippen MR) is 69.1 cm³/mol. The molecule has 5 heteroatoms. The lowest BCUT2D eigenvalue weighted by atomic mass is 9.95. The molecule has 0 radical (unpaired) electrons. The van der Waals surface area contributed by atoms with Crippen molar-refractivity contribution in [3.05, 3.63) is 53.5 Å². The number of hydrogen-bond acceptors (Lipinski definition) is 5. The van der Waals surface area contributed by atoms with Crippen LogP contribution < -0.4 is 4.74 Å². The molecule has 0 N–H and O–H groups in total. The highest BCUT2D eigenvalue weighted by atomic mass is 16.5. The lowest BCUT2D eigenvalue weighted by Gasteiger charge is -2.04. The summed E-state index contributed by atoms with van der Waals surface area (Å²) in [5.74, 6) is -0.343. The van der Waals surface area contributed by atoms with E-state index in [1.807, 2.05) is 24.3 Å². The van der Waals surface area contributed by atoms with Crippen molar-refractivity contribution >= 4 is 11.8 Å². The van der Waals surface area contributed by atoms with E-state index in [2.05, 4.69) is 4.74 Å². The molecular formula is C15H12O5. The number of esters is 1. The van der Waals surface area contributed by atoms with Crippen LogP contribution in [-0.2, 0) is 4.74 Å². The maximum absolute atomic E-state index is 12.4. The summed E-state index contributed by atoms with van der Waals surface area (Å²) < 4.78 is 15.3. The molecule has 5 nitrogen and oxygen atoms in total. The Morgan fingerprint density at radius 1 is 1.15 bits per heavy atom. The Hall–Kier alpha value is -2.56. The Morgan fingerprint density at radius 2 is 1.90 bits per heavy atom. The molecule has 0 spiro atoms. The number of ketones is 1. The molecule has 0 saturated carbocycles. The SMILES string of the molecule is COC(=O)c1ccc(C(=O)C2COc3ccccc32)o1. The minimum absolute atomic E-state index is 0.0167. The van der Waals surface area contributed by atoms with Crippen molar-refractivity contribution in [2.45, 2.75) is 5.92 Å². The molecule has 1 unspecified atom stereocenters. The summed E-state index contributed by atoms with van der Waals surface area (Å²) in [6.07, 6.45) is 0. The van der Waals surface area contributed by atoms with Gasteiger partial charge in [-0.3, -0.25) is 4.79 Å². The second-order valence-corrected chi connectivity index (χ2v) is 4.42. The molecule has 1 aliphatic heterocycles. The van der Waals surface area contributed by atoms with Gasteiger partial charge in [-0.2, -0.15) is 0 Å². The van der Waals surface area contributed by atoms with Crippen molar-refractivity contribution in [2.24, 2.45) is 0 Å². The molecule has 0 amide bonds. The van der Waals surface area contributed by atoms with Gasteiger partial charge in [-0.1, -0.05) is 18.2 Å². The van der Waals surface area contributed by atoms with Gasteiger partial charge in [0, 0.05) is 5.56 Å². The lowest BCUT2D eigenvalue weighted by Crippen LogP contribution is -2.13. The van der Waals surface area contributed by atoms with E-state index in [1.54, 1.807) is 0 Å². The molecule has 1 aliphatic rings. The van der Waals surface area contributed by atoms with Gasteiger partial charge in [0.15, 0.2) is 5.76 Å². The first-order valence-corrected chi connectivity index (χ1v) is 6.15. The molecule has 0 fully saturated rings. The summed E-state index contributed by atoms with van der Waals surface area (Å²) in [7, 11) is 1.26. The van der Waals surface area contributed by atoms with E-state index < -0.39 is 11.9 Å². The zero-order chi connectivity index (χ0) is 14.1. The third kappa shape index (κ3) is 1.97. The van der Waals surface area contributed by atoms with Gasteiger partial charge in [0.25, 0.3) is 0 Å². The molecule has 102 valence electrons.